The summed E-state index contributed by atoms with van der Waals surface area (Å²) in [5, 5.41) is 10.0. The Morgan fingerprint density at radius 2 is 2.27 bits per heavy atom. The number of nitro groups is 1. The summed E-state index contributed by atoms with van der Waals surface area (Å²) < 4.78 is 25.0. The van der Waals surface area contributed by atoms with Crippen molar-refractivity contribution < 1.29 is 13.7 Å². The van der Waals surface area contributed by atoms with E-state index in [2.05, 4.69) is 4.98 Å². The van der Waals surface area contributed by atoms with Crippen LogP contribution in [0.3, 0.4) is 0 Å². The lowest BCUT2D eigenvalue weighted by Gasteiger charge is -2.08. The van der Waals surface area contributed by atoms with Crippen LogP contribution >= 0.6 is 11.6 Å². The van der Waals surface area contributed by atoms with Gasteiger partial charge in [-0.25, -0.2) is 13.8 Å². The zero-order valence-corrected chi connectivity index (χ0v) is 8.04. The number of halogens is 3. The van der Waals surface area contributed by atoms with Gasteiger partial charge in [0.05, 0.1) is 16.1 Å². The first-order valence-corrected chi connectivity index (χ1v) is 4.16. The van der Waals surface area contributed by atoms with Crippen LogP contribution in [-0.4, -0.2) is 9.91 Å². The van der Waals surface area contributed by atoms with E-state index in [-0.39, 0.29) is 5.56 Å². The van der Waals surface area contributed by atoms with E-state index >= 15 is 0 Å². The van der Waals surface area contributed by atoms with Crippen molar-refractivity contribution in [2.24, 2.45) is 5.73 Å². The fourth-order valence-electron chi connectivity index (χ4n) is 1.12. The summed E-state index contributed by atoms with van der Waals surface area (Å²) in [6, 6.07) is 0. The number of hydrogen-bond donors (Lipinski definition) is 1. The minimum absolute atomic E-state index is 0.282. The molecule has 0 amide bonds. The average molecular weight is 238 g/mol. The van der Waals surface area contributed by atoms with Gasteiger partial charge in [-0.3, -0.25) is 10.1 Å². The van der Waals surface area contributed by atoms with E-state index in [9.17, 15) is 18.9 Å². The highest BCUT2D eigenvalue weighted by atomic mass is 35.5. The van der Waals surface area contributed by atoms with Crippen molar-refractivity contribution in [2.45, 2.75) is 13.0 Å². The molecule has 2 N–H and O–H groups in total. The molecule has 0 aliphatic rings. The number of hydrogen-bond acceptors (Lipinski definition) is 4. The van der Waals surface area contributed by atoms with E-state index in [0.29, 0.717) is 0 Å². The van der Waals surface area contributed by atoms with Gasteiger partial charge in [0.15, 0.2) is 0 Å². The van der Waals surface area contributed by atoms with E-state index in [1.807, 2.05) is 0 Å². The molecule has 0 saturated carbocycles. The number of pyridine rings is 1. The second-order valence-corrected chi connectivity index (χ2v) is 2.95. The maximum Gasteiger partial charge on any atom is 0.292 e. The third kappa shape index (κ3) is 2.18. The summed E-state index contributed by atoms with van der Waals surface area (Å²) in [6.45, 7) is -0.391. The van der Waals surface area contributed by atoms with Crippen molar-refractivity contribution in [3.8, 4) is 0 Å². The highest BCUT2D eigenvalue weighted by molar-refractivity contribution is 6.30. The molecule has 0 aliphatic heterocycles. The number of rotatable bonds is 3. The Labute approximate surface area is 88.0 Å². The molecule has 0 bridgehead atoms. The lowest BCUT2D eigenvalue weighted by atomic mass is 10.1. The molecule has 0 saturated heterocycles. The SMILES string of the molecule is NCc1c([N+](=O)[O-])cnc(Cl)c1C(F)F. The van der Waals surface area contributed by atoms with E-state index in [0.717, 1.165) is 6.20 Å². The van der Waals surface area contributed by atoms with Crippen molar-refractivity contribution in [2.75, 3.05) is 0 Å². The van der Waals surface area contributed by atoms with E-state index < -0.39 is 34.3 Å². The molecule has 82 valence electrons. The van der Waals surface area contributed by atoms with Gasteiger partial charge in [0, 0.05) is 6.54 Å². The van der Waals surface area contributed by atoms with E-state index in [1.165, 1.54) is 0 Å². The normalized spacial score (nSPS) is 10.7. The zero-order chi connectivity index (χ0) is 11.6. The van der Waals surface area contributed by atoms with Gasteiger partial charge in [-0.1, -0.05) is 11.6 Å². The standard InChI is InChI=1S/C7H6ClF2N3O2/c8-6-5(7(9)10)3(1-11)4(2-12-6)13(14)15/h2,7H,1,11H2. The summed E-state index contributed by atoms with van der Waals surface area (Å²) in [6.07, 6.45) is -2.13. The van der Waals surface area contributed by atoms with E-state index in [1.54, 1.807) is 0 Å². The molecule has 1 heterocycles. The fraction of sp³-hybridized carbons (Fsp3) is 0.286. The summed E-state index contributed by atoms with van der Waals surface area (Å²) in [5.74, 6) is 0. The molecule has 0 spiro atoms. The number of aromatic nitrogens is 1. The molecule has 0 radical (unpaired) electrons. The third-order valence-electron chi connectivity index (χ3n) is 1.78. The molecule has 1 aromatic heterocycles. The van der Waals surface area contributed by atoms with Gasteiger partial charge in [0.1, 0.15) is 11.3 Å². The molecule has 0 aromatic carbocycles. The van der Waals surface area contributed by atoms with Crippen molar-refractivity contribution in [1.29, 1.82) is 0 Å². The summed E-state index contributed by atoms with van der Waals surface area (Å²) in [7, 11) is 0. The lowest BCUT2D eigenvalue weighted by molar-refractivity contribution is -0.386. The number of nitrogens with zero attached hydrogens (tertiary/aromatic N) is 2. The first-order chi connectivity index (χ1) is 6.99. The van der Waals surface area contributed by atoms with Gasteiger partial charge in [0.25, 0.3) is 12.1 Å². The maximum absolute atomic E-state index is 12.5. The second kappa shape index (κ2) is 4.45. The van der Waals surface area contributed by atoms with Crippen LogP contribution in [-0.2, 0) is 6.54 Å². The topological polar surface area (TPSA) is 82.0 Å². The monoisotopic (exact) mass is 237 g/mol. The fourth-order valence-corrected chi connectivity index (χ4v) is 1.37. The Kier molecular flexibility index (Phi) is 3.48. The Balaban J connectivity index is 3.47. The van der Waals surface area contributed by atoms with Crippen LogP contribution in [0.15, 0.2) is 6.20 Å². The van der Waals surface area contributed by atoms with Crippen molar-refractivity contribution in [3.63, 3.8) is 0 Å². The van der Waals surface area contributed by atoms with Crippen LogP contribution in [0.2, 0.25) is 5.15 Å². The smallest absolute Gasteiger partial charge is 0.292 e. The second-order valence-electron chi connectivity index (χ2n) is 2.59. The van der Waals surface area contributed by atoms with Gasteiger partial charge in [0.2, 0.25) is 0 Å². The first kappa shape index (κ1) is 11.7. The lowest BCUT2D eigenvalue weighted by Crippen LogP contribution is -2.08. The molecule has 0 aliphatic carbocycles. The van der Waals surface area contributed by atoms with Crippen LogP contribution in [0.5, 0.6) is 0 Å². The molecular weight excluding hydrogens is 232 g/mol. The van der Waals surface area contributed by atoms with Gasteiger partial charge >= 0.3 is 0 Å². The minimum atomic E-state index is -2.94. The molecule has 1 aromatic rings. The average Bonchev–Trinajstić information content (AvgIpc) is 2.15. The predicted octanol–water partition coefficient (Wildman–Crippen LogP) is 2.04. The Morgan fingerprint density at radius 1 is 1.67 bits per heavy atom. The maximum atomic E-state index is 12.5. The molecule has 0 unspecified atom stereocenters. The molecule has 5 nitrogen and oxygen atoms in total. The largest absolute Gasteiger partial charge is 0.326 e. The molecule has 1 rings (SSSR count). The van der Waals surface area contributed by atoms with Crippen LogP contribution < -0.4 is 5.73 Å². The van der Waals surface area contributed by atoms with Gasteiger partial charge < -0.3 is 5.73 Å². The Morgan fingerprint density at radius 3 is 2.67 bits per heavy atom. The molecule has 0 atom stereocenters. The Bertz CT molecular complexity index is 400. The van der Waals surface area contributed by atoms with Gasteiger partial charge in [-0.2, -0.15) is 0 Å². The number of nitrogens with two attached hydrogens (primary N) is 1. The predicted molar refractivity (Wildman–Crippen MR) is 48.7 cm³/mol. The molecule has 0 fully saturated rings. The highest BCUT2D eigenvalue weighted by Crippen LogP contribution is 2.33. The van der Waals surface area contributed by atoms with Gasteiger partial charge in [-0.05, 0) is 0 Å². The molecule has 8 heteroatoms. The summed E-state index contributed by atoms with van der Waals surface area (Å²) >= 11 is 5.41. The quantitative estimate of drug-likeness (QED) is 0.495. The van der Waals surface area contributed by atoms with E-state index in [4.69, 9.17) is 17.3 Å². The van der Waals surface area contributed by atoms with Crippen LogP contribution in [0, 0.1) is 10.1 Å². The van der Waals surface area contributed by atoms with Crippen molar-refractivity contribution >= 4 is 17.3 Å². The Hall–Kier alpha value is -1.34. The van der Waals surface area contributed by atoms with Crippen LogP contribution in [0.4, 0.5) is 14.5 Å². The zero-order valence-electron chi connectivity index (χ0n) is 7.28. The van der Waals surface area contributed by atoms with Crippen LogP contribution in [0.25, 0.3) is 0 Å². The molecule has 15 heavy (non-hydrogen) atoms. The molecular formula is C7H6ClF2N3O2. The number of alkyl halides is 2. The summed E-state index contributed by atoms with van der Waals surface area (Å²) in [4.78, 5) is 13.0. The van der Waals surface area contributed by atoms with Crippen LogP contribution in [0.1, 0.15) is 17.6 Å². The summed E-state index contributed by atoms with van der Waals surface area (Å²) in [5.41, 5.74) is 3.67. The highest BCUT2D eigenvalue weighted by Gasteiger charge is 2.25. The first-order valence-electron chi connectivity index (χ1n) is 3.79. The van der Waals surface area contributed by atoms with Gasteiger partial charge in [-0.15, -0.1) is 0 Å². The van der Waals surface area contributed by atoms with Crippen molar-refractivity contribution in [1.82, 2.24) is 4.98 Å². The van der Waals surface area contributed by atoms with Crippen molar-refractivity contribution in [3.05, 3.63) is 32.6 Å². The minimum Gasteiger partial charge on any atom is -0.326 e. The third-order valence-corrected chi connectivity index (χ3v) is 2.08.